The predicted molar refractivity (Wildman–Crippen MR) is 72.3 cm³/mol. The lowest BCUT2D eigenvalue weighted by molar-refractivity contribution is 0.0951. The molecular weight excluding hydrogens is 229 g/mol. The molecule has 3 heteroatoms. The maximum absolute atomic E-state index is 13.4. The number of hydrogen-bond donors (Lipinski definition) is 0. The molecule has 1 unspecified atom stereocenters. The van der Waals surface area contributed by atoms with Gasteiger partial charge in [-0.15, -0.1) is 0 Å². The summed E-state index contributed by atoms with van der Waals surface area (Å²) in [6.45, 7) is 7.10. The molecule has 0 aromatic heterocycles. The summed E-state index contributed by atoms with van der Waals surface area (Å²) in [5.74, 6) is -0.0171. The smallest absolute Gasteiger partial charge is 0.167 e. The normalized spacial score (nSPS) is 13.1. The average Bonchev–Trinajstić information content (AvgIpc) is 2.35. The molecule has 0 bridgehead atoms. The van der Waals surface area contributed by atoms with Gasteiger partial charge in [0.05, 0.1) is 5.56 Å². The number of carbonyl (C=O) groups is 1. The van der Waals surface area contributed by atoms with Crippen LogP contribution in [-0.4, -0.2) is 30.3 Å². The van der Waals surface area contributed by atoms with Crippen LogP contribution in [0.15, 0.2) is 24.3 Å². The van der Waals surface area contributed by atoms with E-state index in [9.17, 15) is 9.18 Å². The van der Waals surface area contributed by atoms with Gasteiger partial charge in [-0.25, -0.2) is 4.39 Å². The van der Waals surface area contributed by atoms with Crippen LogP contribution in [0.25, 0.3) is 0 Å². The number of nitrogens with zero attached hydrogens (tertiary/aromatic N) is 1. The first-order chi connectivity index (χ1) is 8.43. The SMILES string of the molecule is CC(C)C(C)N(C)CCC(=O)c1ccccc1F. The van der Waals surface area contributed by atoms with Gasteiger partial charge in [-0.2, -0.15) is 0 Å². The number of ketones is 1. The maximum Gasteiger partial charge on any atom is 0.167 e. The summed E-state index contributed by atoms with van der Waals surface area (Å²) in [4.78, 5) is 14.0. The number of Topliss-reactive ketones (excluding diaryl/α,β-unsaturated/α-hetero) is 1. The minimum atomic E-state index is -0.429. The van der Waals surface area contributed by atoms with Crippen molar-refractivity contribution in [1.29, 1.82) is 0 Å². The number of carbonyl (C=O) groups excluding carboxylic acids is 1. The maximum atomic E-state index is 13.4. The fourth-order valence-corrected chi connectivity index (χ4v) is 1.81. The van der Waals surface area contributed by atoms with E-state index in [2.05, 4.69) is 25.7 Å². The molecule has 0 aliphatic rings. The molecule has 18 heavy (non-hydrogen) atoms. The standard InChI is InChI=1S/C15H22FNO/c1-11(2)12(3)17(4)10-9-15(18)13-7-5-6-8-14(13)16/h5-8,11-12H,9-10H2,1-4H3. The lowest BCUT2D eigenvalue weighted by Crippen LogP contribution is -2.34. The molecule has 2 nitrogen and oxygen atoms in total. The molecule has 0 aliphatic carbocycles. The van der Waals surface area contributed by atoms with Crippen LogP contribution in [0.3, 0.4) is 0 Å². The Kier molecular flexibility index (Phi) is 5.48. The fraction of sp³-hybridized carbons (Fsp3) is 0.533. The van der Waals surface area contributed by atoms with Crippen molar-refractivity contribution in [3.63, 3.8) is 0 Å². The Balaban J connectivity index is 2.54. The molecule has 0 fully saturated rings. The highest BCUT2D eigenvalue weighted by atomic mass is 19.1. The zero-order chi connectivity index (χ0) is 13.7. The highest BCUT2D eigenvalue weighted by molar-refractivity contribution is 5.96. The summed E-state index contributed by atoms with van der Waals surface area (Å²) < 4.78 is 13.4. The van der Waals surface area contributed by atoms with E-state index in [1.165, 1.54) is 6.07 Å². The first kappa shape index (κ1) is 14.8. The number of benzene rings is 1. The van der Waals surface area contributed by atoms with Crippen LogP contribution in [0.1, 0.15) is 37.6 Å². The molecule has 0 saturated carbocycles. The summed E-state index contributed by atoms with van der Waals surface area (Å²) in [6.07, 6.45) is 0.356. The minimum Gasteiger partial charge on any atom is -0.303 e. The van der Waals surface area contributed by atoms with Gasteiger partial charge in [0.15, 0.2) is 5.78 Å². The molecule has 1 aromatic rings. The molecule has 0 saturated heterocycles. The number of hydrogen-bond acceptors (Lipinski definition) is 2. The molecule has 1 aromatic carbocycles. The van der Waals surface area contributed by atoms with Gasteiger partial charge in [0.1, 0.15) is 5.82 Å². The first-order valence-electron chi connectivity index (χ1n) is 6.41. The van der Waals surface area contributed by atoms with Gasteiger partial charge in [0.25, 0.3) is 0 Å². The highest BCUT2D eigenvalue weighted by Gasteiger charge is 2.16. The fourth-order valence-electron chi connectivity index (χ4n) is 1.81. The van der Waals surface area contributed by atoms with Crippen LogP contribution in [0.5, 0.6) is 0 Å². The van der Waals surface area contributed by atoms with E-state index in [0.717, 1.165) is 0 Å². The van der Waals surface area contributed by atoms with Crippen LogP contribution in [0.4, 0.5) is 4.39 Å². The van der Waals surface area contributed by atoms with Crippen molar-refractivity contribution in [3.05, 3.63) is 35.6 Å². The zero-order valence-corrected chi connectivity index (χ0v) is 11.6. The molecule has 0 spiro atoms. The molecule has 1 atom stereocenters. The van der Waals surface area contributed by atoms with Gasteiger partial charge < -0.3 is 4.90 Å². The van der Waals surface area contributed by atoms with Crippen molar-refractivity contribution in [2.24, 2.45) is 5.92 Å². The van der Waals surface area contributed by atoms with E-state index in [4.69, 9.17) is 0 Å². The lowest BCUT2D eigenvalue weighted by atomic mass is 10.0. The molecular formula is C15H22FNO. The predicted octanol–water partition coefficient (Wildman–Crippen LogP) is 3.37. The van der Waals surface area contributed by atoms with E-state index < -0.39 is 5.82 Å². The first-order valence-corrected chi connectivity index (χ1v) is 6.41. The third-order valence-electron chi connectivity index (χ3n) is 3.53. The van der Waals surface area contributed by atoms with Crippen LogP contribution in [0.2, 0.25) is 0 Å². The largest absolute Gasteiger partial charge is 0.303 e. The quantitative estimate of drug-likeness (QED) is 0.722. The Bertz CT molecular complexity index is 403. The molecule has 100 valence electrons. The van der Waals surface area contributed by atoms with Crippen LogP contribution < -0.4 is 0 Å². The van der Waals surface area contributed by atoms with Crippen molar-refractivity contribution in [2.45, 2.75) is 33.2 Å². The second kappa shape index (κ2) is 6.64. The van der Waals surface area contributed by atoms with Crippen molar-refractivity contribution >= 4 is 5.78 Å². The van der Waals surface area contributed by atoms with Gasteiger partial charge >= 0.3 is 0 Å². The summed E-state index contributed by atoms with van der Waals surface area (Å²) >= 11 is 0. The molecule has 1 rings (SSSR count). The second-order valence-electron chi connectivity index (χ2n) is 5.12. The van der Waals surface area contributed by atoms with Gasteiger partial charge in [0, 0.05) is 19.0 Å². The molecule has 0 amide bonds. The van der Waals surface area contributed by atoms with Crippen molar-refractivity contribution < 1.29 is 9.18 Å². The van der Waals surface area contributed by atoms with Crippen molar-refractivity contribution in [2.75, 3.05) is 13.6 Å². The molecule has 0 aliphatic heterocycles. The van der Waals surface area contributed by atoms with E-state index in [0.29, 0.717) is 24.9 Å². The zero-order valence-electron chi connectivity index (χ0n) is 11.6. The summed E-state index contributed by atoms with van der Waals surface area (Å²) in [5, 5.41) is 0. The van der Waals surface area contributed by atoms with E-state index in [1.54, 1.807) is 18.2 Å². The highest BCUT2D eigenvalue weighted by Crippen LogP contribution is 2.12. The Labute approximate surface area is 109 Å². The minimum absolute atomic E-state index is 0.129. The van der Waals surface area contributed by atoms with Crippen LogP contribution >= 0.6 is 0 Å². The van der Waals surface area contributed by atoms with Crippen LogP contribution in [0, 0.1) is 11.7 Å². The molecule has 0 radical (unpaired) electrons. The second-order valence-corrected chi connectivity index (χ2v) is 5.12. The van der Waals surface area contributed by atoms with Gasteiger partial charge in [-0.3, -0.25) is 4.79 Å². The monoisotopic (exact) mass is 251 g/mol. The van der Waals surface area contributed by atoms with Crippen molar-refractivity contribution in [1.82, 2.24) is 4.90 Å². The van der Waals surface area contributed by atoms with Crippen molar-refractivity contribution in [3.8, 4) is 0 Å². The lowest BCUT2D eigenvalue weighted by Gasteiger charge is -2.27. The van der Waals surface area contributed by atoms with Gasteiger partial charge in [-0.05, 0) is 32.0 Å². The Morgan fingerprint density at radius 3 is 2.44 bits per heavy atom. The summed E-state index contributed by atoms with van der Waals surface area (Å²) in [5.41, 5.74) is 0.197. The summed E-state index contributed by atoms with van der Waals surface area (Å²) in [6, 6.07) is 6.58. The Morgan fingerprint density at radius 1 is 1.28 bits per heavy atom. The number of rotatable bonds is 6. The molecule has 0 heterocycles. The Hall–Kier alpha value is -1.22. The van der Waals surface area contributed by atoms with Gasteiger partial charge in [-0.1, -0.05) is 26.0 Å². The van der Waals surface area contributed by atoms with E-state index in [1.807, 2.05) is 7.05 Å². The average molecular weight is 251 g/mol. The number of halogens is 1. The van der Waals surface area contributed by atoms with E-state index >= 15 is 0 Å². The third kappa shape index (κ3) is 3.91. The van der Waals surface area contributed by atoms with Crippen LogP contribution in [-0.2, 0) is 0 Å². The van der Waals surface area contributed by atoms with Gasteiger partial charge in [0.2, 0.25) is 0 Å². The summed E-state index contributed by atoms with van der Waals surface area (Å²) in [7, 11) is 2.00. The third-order valence-corrected chi connectivity index (χ3v) is 3.53. The van der Waals surface area contributed by atoms with E-state index in [-0.39, 0.29) is 11.3 Å². The molecule has 0 N–H and O–H groups in total. The Morgan fingerprint density at radius 2 is 1.89 bits per heavy atom. The topological polar surface area (TPSA) is 20.3 Å².